The monoisotopic (exact) mass is 242 g/mol. The summed E-state index contributed by atoms with van der Waals surface area (Å²) in [7, 11) is 2.11. The van der Waals surface area contributed by atoms with Crippen molar-refractivity contribution in [1.82, 2.24) is 4.90 Å². The first kappa shape index (κ1) is 14.5. The van der Waals surface area contributed by atoms with E-state index in [0.717, 1.165) is 25.8 Å². The lowest BCUT2D eigenvalue weighted by Gasteiger charge is -2.27. The Morgan fingerprint density at radius 3 is 2.76 bits per heavy atom. The Bertz CT molecular complexity index is 268. The van der Waals surface area contributed by atoms with E-state index in [1.54, 1.807) is 0 Å². The Morgan fingerprint density at radius 1 is 1.59 bits per heavy atom. The first-order chi connectivity index (χ1) is 7.89. The molecule has 0 saturated heterocycles. The zero-order valence-electron chi connectivity index (χ0n) is 11.5. The molecule has 1 aliphatic rings. The molecule has 1 aliphatic carbocycles. The fourth-order valence-corrected chi connectivity index (χ4v) is 2.61. The maximum Gasteiger partial charge on any atom is 0.326 e. The van der Waals surface area contributed by atoms with E-state index in [4.69, 9.17) is 10.5 Å². The predicted octanol–water partition coefficient (Wildman–Crippen LogP) is 1.39. The minimum absolute atomic E-state index is 0.236. The minimum Gasteiger partial charge on any atom is -0.465 e. The number of hydrogen-bond donors (Lipinski definition) is 1. The number of nitrogens with two attached hydrogens (primary N) is 1. The molecule has 17 heavy (non-hydrogen) atoms. The van der Waals surface area contributed by atoms with Crippen LogP contribution < -0.4 is 5.73 Å². The van der Waals surface area contributed by atoms with Gasteiger partial charge >= 0.3 is 5.97 Å². The van der Waals surface area contributed by atoms with Crippen molar-refractivity contribution in [2.75, 3.05) is 20.2 Å². The molecular weight excluding hydrogens is 216 g/mol. The Kier molecular flexibility index (Phi) is 4.95. The summed E-state index contributed by atoms with van der Waals surface area (Å²) < 4.78 is 5.06. The molecule has 0 heterocycles. The molecule has 1 fully saturated rings. The van der Waals surface area contributed by atoms with Crippen molar-refractivity contribution in [3.63, 3.8) is 0 Å². The predicted molar refractivity (Wildman–Crippen MR) is 68.7 cm³/mol. The van der Waals surface area contributed by atoms with E-state index in [0.29, 0.717) is 18.6 Å². The van der Waals surface area contributed by atoms with Crippen LogP contribution in [0.5, 0.6) is 0 Å². The van der Waals surface area contributed by atoms with Gasteiger partial charge in [0.15, 0.2) is 0 Å². The fourth-order valence-electron chi connectivity index (χ4n) is 2.61. The first-order valence-corrected chi connectivity index (χ1v) is 6.55. The van der Waals surface area contributed by atoms with Crippen LogP contribution in [0.3, 0.4) is 0 Å². The Labute approximate surface area is 104 Å². The Balaban J connectivity index is 2.53. The average molecular weight is 242 g/mol. The molecular formula is C13H26N2O2. The fraction of sp³-hybridized carbons (Fsp3) is 0.923. The number of carbonyl (C=O) groups excluding carboxylic acids is 1. The average Bonchev–Trinajstić information content (AvgIpc) is 2.62. The van der Waals surface area contributed by atoms with Crippen LogP contribution in [-0.2, 0) is 9.53 Å². The second-order valence-electron chi connectivity index (χ2n) is 5.61. The molecule has 0 aliphatic heterocycles. The molecule has 0 aromatic carbocycles. The summed E-state index contributed by atoms with van der Waals surface area (Å²) in [6.45, 7) is 7.67. The van der Waals surface area contributed by atoms with Gasteiger partial charge in [0.05, 0.1) is 6.61 Å². The third-order valence-corrected chi connectivity index (χ3v) is 3.48. The molecule has 0 aromatic rings. The van der Waals surface area contributed by atoms with Crippen LogP contribution in [0.4, 0.5) is 0 Å². The van der Waals surface area contributed by atoms with Gasteiger partial charge in [-0.1, -0.05) is 13.8 Å². The molecule has 0 aromatic heterocycles. The molecule has 1 saturated carbocycles. The van der Waals surface area contributed by atoms with Crippen molar-refractivity contribution in [2.45, 2.75) is 51.6 Å². The highest BCUT2D eigenvalue weighted by molar-refractivity contribution is 5.81. The van der Waals surface area contributed by atoms with Gasteiger partial charge in [-0.3, -0.25) is 4.79 Å². The Morgan fingerprint density at radius 2 is 2.24 bits per heavy atom. The maximum atomic E-state index is 11.8. The summed E-state index contributed by atoms with van der Waals surface area (Å²) in [5.74, 6) is 0.399. The number of nitrogens with zero attached hydrogens (tertiary/aromatic N) is 1. The van der Waals surface area contributed by atoms with Gasteiger partial charge in [0.2, 0.25) is 0 Å². The molecule has 0 radical (unpaired) electrons. The minimum atomic E-state index is -0.758. The van der Waals surface area contributed by atoms with E-state index in [-0.39, 0.29) is 5.97 Å². The number of esters is 1. The zero-order valence-corrected chi connectivity index (χ0v) is 11.5. The highest BCUT2D eigenvalue weighted by Gasteiger charge is 2.44. The van der Waals surface area contributed by atoms with E-state index >= 15 is 0 Å². The standard InChI is InChI=1S/C13H26N2O2/c1-5-17-12(16)13(14)7-6-11(8-13)15(4)9-10(2)3/h10-11H,5-9,14H2,1-4H3. The molecule has 1 rings (SSSR count). The van der Waals surface area contributed by atoms with E-state index in [2.05, 4.69) is 25.8 Å². The third kappa shape index (κ3) is 3.68. The van der Waals surface area contributed by atoms with Gasteiger partial charge in [-0.25, -0.2) is 0 Å². The lowest BCUT2D eigenvalue weighted by Crippen LogP contribution is -2.48. The van der Waals surface area contributed by atoms with Gasteiger partial charge < -0.3 is 15.4 Å². The van der Waals surface area contributed by atoms with Crippen LogP contribution in [0, 0.1) is 5.92 Å². The van der Waals surface area contributed by atoms with Crippen molar-refractivity contribution in [3.8, 4) is 0 Å². The second-order valence-corrected chi connectivity index (χ2v) is 5.61. The molecule has 4 heteroatoms. The second kappa shape index (κ2) is 5.83. The van der Waals surface area contributed by atoms with Crippen molar-refractivity contribution in [3.05, 3.63) is 0 Å². The highest BCUT2D eigenvalue weighted by Crippen LogP contribution is 2.32. The van der Waals surface area contributed by atoms with Gasteiger partial charge in [0.25, 0.3) is 0 Å². The summed E-state index contributed by atoms with van der Waals surface area (Å²) in [6, 6.07) is 0.409. The van der Waals surface area contributed by atoms with Crippen LogP contribution in [0.15, 0.2) is 0 Å². The van der Waals surface area contributed by atoms with Gasteiger partial charge in [0, 0.05) is 12.6 Å². The van der Waals surface area contributed by atoms with Crippen molar-refractivity contribution in [2.24, 2.45) is 11.7 Å². The quantitative estimate of drug-likeness (QED) is 0.740. The number of rotatable bonds is 5. The number of ether oxygens (including phenoxy) is 1. The first-order valence-electron chi connectivity index (χ1n) is 6.55. The normalized spacial score (nSPS) is 29.0. The van der Waals surface area contributed by atoms with E-state index in [9.17, 15) is 4.79 Å². The molecule has 100 valence electrons. The van der Waals surface area contributed by atoms with Crippen LogP contribution in [0.25, 0.3) is 0 Å². The summed E-state index contributed by atoms with van der Waals surface area (Å²) in [5.41, 5.74) is 5.39. The molecule has 0 spiro atoms. The van der Waals surface area contributed by atoms with Crippen LogP contribution in [-0.4, -0.2) is 42.6 Å². The largest absolute Gasteiger partial charge is 0.465 e. The Hall–Kier alpha value is -0.610. The van der Waals surface area contributed by atoms with E-state index in [1.807, 2.05) is 6.92 Å². The molecule has 2 atom stereocenters. The zero-order chi connectivity index (χ0) is 13.1. The van der Waals surface area contributed by atoms with Crippen molar-refractivity contribution >= 4 is 5.97 Å². The lowest BCUT2D eigenvalue weighted by atomic mass is 9.99. The SMILES string of the molecule is CCOC(=O)C1(N)CCC(N(C)CC(C)C)C1. The molecule has 2 N–H and O–H groups in total. The highest BCUT2D eigenvalue weighted by atomic mass is 16.5. The van der Waals surface area contributed by atoms with Crippen molar-refractivity contribution in [1.29, 1.82) is 0 Å². The van der Waals surface area contributed by atoms with Gasteiger partial charge in [-0.15, -0.1) is 0 Å². The summed E-state index contributed by atoms with van der Waals surface area (Å²) >= 11 is 0. The smallest absolute Gasteiger partial charge is 0.326 e. The van der Waals surface area contributed by atoms with Crippen LogP contribution in [0.2, 0.25) is 0 Å². The van der Waals surface area contributed by atoms with Crippen LogP contribution in [0.1, 0.15) is 40.0 Å². The molecule has 0 bridgehead atoms. The van der Waals surface area contributed by atoms with E-state index in [1.165, 1.54) is 0 Å². The summed E-state index contributed by atoms with van der Waals surface area (Å²) in [5, 5.41) is 0. The van der Waals surface area contributed by atoms with Gasteiger partial charge in [0.1, 0.15) is 5.54 Å². The topological polar surface area (TPSA) is 55.6 Å². The third-order valence-electron chi connectivity index (χ3n) is 3.48. The summed E-state index contributed by atoms with van der Waals surface area (Å²) in [6.07, 6.45) is 2.44. The van der Waals surface area contributed by atoms with Crippen LogP contribution >= 0.6 is 0 Å². The van der Waals surface area contributed by atoms with Gasteiger partial charge in [-0.05, 0) is 39.2 Å². The number of hydrogen-bond acceptors (Lipinski definition) is 4. The van der Waals surface area contributed by atoms with Crippen molar-refractivity contribution < 1.29 is 9.53 Å². The molecule has 4 nitrogen and oxygen atoms in total. The van der Waals surface area contributed by atoms with E-state index < -0.39 is 5.54 Å². The van der Waals surface area contributed by atoms with Gasteiger partial charge in [-0.2, -0.15) is 0 Å². The molecule has 2 unspecified atom stereocenters. The maximum absolute atomic E-state index is 11.8. The molecule has 0 amide bonds. The number of carbonyl (C=O) groups is 1. The lowest BCUT2D eigenvalue weighted by molar-refractivity contribution is -0.149. The summed E-state index contributed by atoms with van der Waals surface area (Å²) in [4.78, 5) is 14.1.